The van der Waals surface area contributed by atoms with Crippen molar-refractivity contribution in [2.24, 2.45) is 0 Å². The van der Waals surface area contributed by atoms with Gasteiger partial charge in [0.15, 0.2) is 0 Å². The van der Waals surface area contributed by atoms with Crippen molar-refractivity contribution in [3.05, 3.63) is 35.0 Å². The van der Waals surface area contributed by atoms with E-state index < -0.39 is 9.83 Å². The third-order valence-electron chi connectivity index (χ3n) is 3.78. The van der Waals surface area contributed by atoms with Crippen LogP contribution in [0, 0.1) is 6.92 Å². The molecule has 0 aliphatic carbocycles. The van der Waals surface area contributed by atoms with Gasteiger partial charge < -0.3 is 10.1 Å². The quantitative estimate of drug-likeness (QED) is 0.657. The minimum absolute atomic E-state index is 0.00910. The molecule has 122 valence electrons. The highest BCUT2D eigenvalue weighted by atomic mass is 35.6. The molecule has 0 saturated carbocycles. The lowest BCUT2D eigenvalue weighted by atomic mass is 9.94. The van der Waals surface area contributed by atoms with Crippen LogP contribution in [0.3, 0.4) is 0 Å². The highest BCUT2D eigenvalue weighted by molar-refractivity contribution is 6.68. The summed E-state index contributed by atoms with van der Waals surface area (Å²) in [6, 6.07) is 5.64. The number of H-pyrrole nitrogens is 1. The van der Waals surface area contributed by atoms with Crippen molar-refractivity contribution in [3.63, 3.8) is 0 Å². The fraction of sp³-hybridized carbons (Fsp3) is 0.500. The van der Waals surface area contributed by atoms with E-state index in [1.165, 1.54) is 5.56 Å². The first-order valence-electron chi connectivity index (χ1n) is 7.45. The Hall–Kier alpha value is -0.450. The van der Waals surface area contributed by atoms with Gasteiger partial charge in [-0.05, 0) is 31.0 Å². The summed E-state index contributed by atoms with van der Waals surface area (Å²) in [6.07, 6.45) is 0.715. The minimum Gasteiger partial charge on any atom is -0.395 e. The molecule has 2 atom stereocenters. The summed E-state index contributed by atoms with van der Waals surface area (Å²) in [7, 11) is 0. The molecular formula is C16H21Cl3N2O. The molecule has 22 heavy (non-hydrogen) atoms. The van der Waals surface area contributed by atoms with E-state index in [2.05, 4.69) is 23.3 Å². The zero-order valence-electron chi connectivity index (χ0n) is 12.9. The van der Waals surface area contributed by atoms with Crippen molar-refractivity contribution in [1.82, 2.24) is 10.3 Å². The largest absolute Gasteiger partial charge is 0.395 e. The lowest BCUT2D eigenvalue weighted by Gasteiger charge is -2.34. The molecule has 0 bridgehead atoms. The maximum Gasteiger partial charge on any atom is 0.211 e. The first-order valence-corrected chi connectivity index (χ1v) is 8.58. The summed E-state index contributed by atoms with van der Waals surface area (Å²) in [6.45, 7) is 6.06. The number of fused-ring (bicyclic) bond motifs is 3. The van der Waals surface area contributed by atoms with Crippen molar-refractivity contribution in [3.8, 4) is 0 Å². The number of hydrogen-bond acceptors (Lipinski definition) is 2. The van der Waals surface area contributed by atoms with Crippen LogP contribution in [0.1, 0.15) is 36.7 Å². The first-order chi connectivity index (χ1) is 10.4. The van der Waals surface area contributed by atoms with Gasteiger partial charge in [-0.1, -0.05) is 60.3 Å². The molecule has 0 amide bonds. The van der Waals surface area contributed by atoms with Gasteiger partial charge in [-0.15, -0.1) is 0 Å². The summed E-state index contributed by atoms with van der Waals surface area (Å²) in [5, 5.41) is 13.8. The van der Waals surface area contributed by atoms with Crippen LogP contribution in [0.25, 0.3) is 10.9 Å². The predicted molar refractivity (Wildman–Crippen MR) is 95.1 cm³/mol. The number of halogens is 3. The molecule has 2 aromatic rings. The third-order valence-corrected chi connectivity index (χ3v) is 4.44. The van der Waals surface area contributed by atoms with E-state index in [4.69, 9.17) is 34.8 Å². The maximum atomic E-state index is 9.46. The summed E-state index contributed by atoms with van der Waals surface area (Å²) in [5.41, 5.74) is 4.23. The van der Waals surface area contributed by atoms with E-state index in [1.807, 2.05) is 26.0 Å². The van der Waals surface area contributed by atoms with E-state index in [0.717, 1.165) is 22.2 Å². The molecule has 1 aliphatic heterocycles. The average Bonchev–Trinajstić information content (AvgIpc) is 2.85. The van der Waals surface area contributed by atoms with Crippen LogP contribution >= 0.6 is 34.8 Å². The van der Waals surface area contributed by atoms with Crippen LogP contribution in [0.2, 0.25) is 0 Å². The number of aromatic amines is 1. The Balaban J connectivity index is 0.000000847. The Morgan fingerprint density at radius 2 is 1.95 bits per heavy atom. The van der Waals surface area contributed by atoms with E-state index in [0.29, 0.717) is 6.42 Å². The number of aromatic nitrogens is 1. The number of alkyl halides is 3. The topological polar surface area (TPSA) is 48.0 Å². The summed E-state index contributed by atoms with van der Waals surface area (Å²) in [4.78, 5) is 3.35. The highest BCUT2D eigenvalue weighted by Crippen LogP contribution is 2.44. The third kappa shape index (κ3) is 3.39. The van der Waals surface area contributed by atoms with E-state index in [-0.39, 0.29) is 12.6 Å². The number of rotatable bonds is 1. The summed E-state index contributed by atoms with van der Waals surface area (Å²) in [5.74, 6) is 0. The molecule has 1 aliphatic rings. The van der Waals surface area contributed by atoms with Gasteiger partial charge in [0.1, 0.15) is 0 Å². The van der Waals surface area contributed by atoms with E-state index >= 15 is 0 Å². The molecule has 2 unspecified atom stereocenters. The van der Waals surface area contributed by atoms with Crippen LogP contribution in [-0.2, 0) is 6.42 Å². The zero-order chi connectivity index (χ0) is 16.5. The molecule has 6 heteroatoms. The molecule has 1 aromatic heterocycles. The lowest BCUT2D eigenvalue weighted by Crippen LogP contribution is -2.46. The van der Waals surface area contributed by atoms with Gasteiger partial charge in [0, 0.05) is 22.6 Å². The molecule has 1 aromatic carbocycles. The van der Waals surface area contributed by atoms with Gasteiger partial charge in [-0.3, -0.25) is 5.32 Å². The Labute approximate surface area is 145 Å². The van der Waals surface area contributed by atoms with Crippen LogP contribution in [0.15, 0.2) is 18.2 Å². The second kappa shape index (κ2) is 6.98. The molecule has 0 radical (unpaired) electrons. The molecule has 0 fully saturated rings. The predicted octanol–water partition coefficient (Wildman–Crippen LogP) is 4.42. The van der Waals surface area contributed by atoms with Gasteiger partial charge >= 0.3 is 0 Å². The fourth-order valence-electron chi connectivity index (χ4n) is 2.85. The highest BCUT2D eigenvalue weighted by Gasteiger charge is 2.41. The molecule has 3 N–H and O–H groups in total. The lowest BCUT2D eigenvalue weighted by molar-refractivity contribution is 0.223. The van der Waals surface area contributed by atoms with Crippen LogP contribution in [0.5, 0.6) is 0 Å². The fourth-order valence-corrected chi connectivity index (χ4v) is 3.36. The van der Waals surface area contributed by atoms with Crippen LogP contribution < -0.4 is 5.32 Å². The maximum absolute atomic E-state index is 9.46. The van der Waals surface area contributed by atoms with Crippen LogP contribution in [-0.4, -0.2) is 26.5 Å². The number of benzene rings is 1. The number of aryl methyl sites for hydroxylation is 1. The van der Waals surface area contributed by atoms with Gasteiger partial charge in [0.05, 0.1) is 12.6 Å². The Kier molecular flexibility index (Phi) is 5.68. The standard InChI is InChI=1S/C14H15Cl3N2O.C2H6/c1-7-2-3-11-9(4-7)10-5-8(6-20)18-13(12(10)19-11)14(15,16)17;1-2/h2-4,8,13,18-20H,5-6H2,1H3;1-2H3. The van der Waals surface area contributed by atoms with E-state index in [9.17, 15) is 5.11 Å². The monoisotopic (exact) mass is 362 g/mol. The number of nitrogens with one attached hydrogen (secondary N) is 2. The van der Waals surface area contributed by atoms with Gasteiger partial charge in [-0.2, -0.15) is 0 Å². The molecule has 0 saturated heterocycles. The van der Waals surface area contributed by atoms with Crippen molar-refractivity contribution in [2.75, 3.05) is 6.61 Å². The van der Waals surface area contributed by atoms with Crippen molar-refractivity contribution >= 4 is 45.7 Å². The van der Waals surface area contributed by atoms with Crippen molar-refractivity contribution in [1.29, 1.82) is 0 Å². The Bertz CT molecular complexity index is 649. The van der Waals surface area contributed by atoms with Crippen molar-refractivity contribution in [2.45, 2.75) is 43.1 Å². The summed E-state index contributed by atoms with van der Waals surface area (Å²) >= 11 is 18.3. The van der Waals surface area contributed by atoms with Gasteiger partial charge in [-0.25, -0.2) is 0 Å². The molecule has 0 spiro atoms. The Morgan fingerprint density at radius 1 is 1.27 bits per heavy atom. The average molecular weight is 364 g/mol. The molecule has 2 heterocycles. The number of aliphatic hydroxyl groups is 1. The first kappa shape index (κ1) is 17.9. The second-order valence-corrected chi connectivity index (χ2v) is 7.66. The molecule has 3 nitrogen and oxygen atoms in total. The Morgan fingerprint density at radius 3 is 2.55 bits per heavy atom. The second-order valence-electron chi connectivity index (χ2n) is 5.29. The van der Waals surface area contributed by atoms with Gasteiger partial charge in [0.2, 0.25) is 3.79 Å². The molecule has 3 rings (SSSR count). The molecular weight excluding hydrogens is 343 g/mol. The summed E-state index contributed by atoms with van der Waals surface area (Å²) < 4.78 is -1.47. The SMILES string of the molecule is CC.Cc1ccc2[nH]c3c(c2c1)CC(CO)NC3C(Cl)(Cl)Cl. The minimum atomic E-state index is -1.47. The normalized spacial score (nSPS) is 21.2. The van der Waals surface area contributed by atoms with Crippen LogP contribution in [0.4, 0.5) is 0 Å². The smallest absolute Gasteiger partial charge is 0.211 e. The number of aliphatic hydroxyl groups excluding tert-OH is 1. The zero-order valence-corrected chi connectivity index (χ0v) is 15.1. The van der Waals surface area contributed by atoms with E-state index in [1.54, 1.807) is 0 Å². The van der Waals surface area contributed by atoms with Gasteiger partial charge in [0.25, 0.3) is 0 Å². The number of hydrogen-bond donors (Lipinski definition) is 3. The van der Waals surface area contributed by atoms with Crippen molar-refractivity contribution < 1.29 is 5.11 Å².